The molecule has 2 heterocycles. The lowest BCUT2D eigenvalue weighted by atomic mass is 9.99. The van der Waals surface area contributed by atoms with Gasteiger partial charge in [0.2, 0.25) is 0 Å². The van der Waals surface area contributed by atoms with Gasteiger partial charge >= 0.3 is 0 Å². The van der Waals surface area contributed by atoms with E-state index < -0.39 is 0 Å². The summed E-state index contributed by atoms with van der Waals surface area (Å²) in [7, 11) is 0. The summed E-state index contributed by atoms with van der Waals surface area (Å²) in [5.74, 6) is -0.00789. The van der Waals surface area contributed by atoms with Crippen LogP contribution < -0.4 is 10.6 Å². The molecule has 2 N–H and O–H groups in total. The van der Waals surface area contributed by atoms with E-state index in [0.717, 1.165) is 38.0 Å². The molecule has 18 heavy (non-hydrogen) atoms. The normalized spacial score (nSPS) is 22.6. The molecular weight excluding hydrogens is 228 g/mol. The van der Waals surface area contributed by atoms with Gasteiger partial charge in [0, 0.05) is 18.8 Å². The number of fused-ring (bicyclic) bond motifs is 1. The molecule has 96 valence electrons. The molecule has 2 aliphatic heterocycles. The number of rotatable bonds is 2. The third-order valence-corrected chi connectivity index (χ3v) is 3.63. The van der Waals surface area contributed by atoms with Crippen LogP contribution in [-0.2, 0) is 22.5 Å². The minimum atomic E-state index is -0.266. The van der Waals surface area contributed by atoms with Crippen LogP contribution in [0.1, 0.15) is 24.0 Å². The Morgan fingerprint density at radius 2 is 2.39 bits per heavy atom. The van der Waals surface area contributed by atoms with Crippen LogP contribution in [-0.4, -0.2) is 25.2 Å². The fourth-order valence-electron chi connectivity index (χ4n) is 2.63. The third-order valence-electron chi connectivity index (χ3n) is 3.63. The Labute approximate surface area is 107 Å². The Morgan fingerprint density at radius 1 is 1.44 bits per heavy atom. The van der Waals surface area contributed by atoms with Crippen molar-refractivity contribution in [2.24, 2.45) is 0 Å². The Hall–Kier alpha value is -1.39. The number of nitrogens with one attached hydrogen (secondary N) is 2. The number of carbonyl (C=O) groups is 1. The summed E-state index contributed by atoms with van der Waals surface area (Å²) in [5, 5.41) is 6.35. The zero-order valence-corrected chi connectivity index (χ0v) is 10.4. The van der Waals surface area contributed by atoms with Gasteiger partial charge in [-0.15, -0.1) is 0 Å². The molecule has 1 aromatic carbocycles. The van der Waals surface area contributed by atoms with Gasteiger partial charge in [-0.1, -0.05) is 12.1 Å². The van der Waals surface area contributed by atoms with E-state index in [1.54, 1.807) is 0 Å². The molecule has 0 aromatic heterocycles. The molecule has 0 spiro atoms. The minimum absolute atomic E-state index is 0.00789. The third kappa shape index (κ3) is 2.26. The van der Waals surface area contributed by atoms with Crippen LogP contribution in [0.15, 0.2) is 18.2 Å². The topological polar surface area (TPSA) is 50.4 Å². The predicted octanol–water partition coefficient (Wildman–Crippen LogP) is 1.45. The second kappa shape index (κ2) is 5.08. The van der Waals surface area contributed by atoms with Gasteiger partial charge in [-0.2, -0.15) is 0 Å². The molecule has 4 heteroatoms. The van der Waals surface area contributed by atoms with Crippen LogP contribution >= 0.6 is 0 Å². The van der Waals surface area contributed by atoms with Crippen LogP contribution in [0, 0.1) is 0 Å². The Bertz CT molecular complexity index is 453. The molecule has 0 bridgehead atoms. The van der Waals surface area contributed by atoms with Gasteiger partial charge in [0.25, 0.3) is 5.91 Å². The number of anilines is 1. The molecule has 0 saturated carbocycles. The first-order chi connectivity index (χ1) is 8.84. The van der Waals surface area contributed by atoms with E-state index in [0.29, 0.717) is 6.61 Å². The summed E-state index contributed by atoms with van der Waals surface area (Å²) >= 11 is 0. The SMILES string of the molecule is O=C(Nc1cccc2c1CNCC2)[C@@H]1CCCO1. The van der Waals surface area contributed by atoms with Crippen molar-refractivity contribution in [2.45, 2.75) is 31.9 Å². The quantitative estimate of drug-likeness (QED) is 0.830. The minimum Gasteiger partial charge on any atom is -0.368 e. The fraction of sp³-hybridized carbons (Fsp3) is 0.500. The van der Waals surface area contributed by atoms with E-state index in [1.165, 1.54) is 11.1 Å². The number of hydrogen-bond acceptors (Lipinski definition) is 3. The van der Waals surface area contributed by atoms with Gasteiger partial charge < -0.3 is 15.4 Å². The van der Waals surface area contributed by atoms with E-state index in [2.05, 4.69) is 16.7 Å². The van der Waals surface area contributed by atoms with Crippen molar-refractivity contribution in [1.82, 2.24) is 5.32 Å². The van der Waals surface area contributed by atoms with Crippen LogP contribution in [0.2, 0.25) is 0 Å². The van der Waals surface area contributed by atoms with Crippen molar-refractivity contribution in [2.75, 3.05) is 18.5 Å². The first-order valence-electron chi connectivity index (χ1n) is 6.58. The summed E-state index contributed by atoms with van der Waals surface area (Å²) < 4.78 is 5.40. The smallest absolute Gasteiger partial charge is 0.253 e. The highest BCUT2D eigenvalue weighted by molar-refractivity contribution is 5.95. The van der Waals surface area contributed by atoms with Crippen molar-refractivity contribution in [3.8, 4) is 0 Å². The van der Waals surface area contributed by atoms with Gasteiger partial charge in [-0.3, -0.25) is 4.79 Å². The number of hydrogen-bond donors (Lipinski definition) is 2. The van der Waals surface area contributed by atoms with Crippen LogP contribution in [0.4, 0.5) is 5.69 Å². The summed E-state index contributed by atoms with van der Waals surface area (Å²) in [6, 6.07) is 6.12. The van der Waals surface area contributed by atoms with Crippen molar-refractivity contribution >= 4 is 11.6 Å². The highest BCUT2D eigenvalue weighted by atomic mass is 16.5. The molecule has 1 fully saturated rings. The molecule has 1 amide bonds. The maximum absolute atomic E-state index is 12.0. The van der Waals surface area contributed by atoms with Gasteiger partial charge in [-0.05, 0) is 43.0 Å². The zero-order chi connectivity index (χ0) is 12.4. The van der Waals surface area contributed by atoms with Gasteiger partial charge in [0.1, 0.15) is 6.10 Å². The highest BCUT2D eigenvalue weighted by Gasteiger charge is 2.24. The van der Waals surface area contributed by atoms with Crippen LogP contribution in [0.3, 0.4) is 0 Å². The van der Waals surface area contributed by atoms with Gasteiger partial charge in [-0.25, -0.2) is 0 Å². The van der Waals surface area contributed by atoms with E-state index >= 15 is 0 Å². The first-order valence-corrected chi connectivity index (χ1v) is 6.58. The molecule has 0 aliphatic carbocycles. The van der Waals surface area contributed by atoms with E-state index in [1.807, 2.05) is 12.1 Å². The molecule has 3 rings (SSSR count). The van der Waals surface area contributed by atoms with Crippen molar-refractivity contribution in [3.05, 3.63) is 29.3 Å². The Balaban J connectivity index is 1.77. The molecule has 4 nitrogen and oxygen atoms in total. The zero-order valence-electron chi connectivity index (χ0n) is 10.4. The van der Waals surface area contributed by atoms with Crippen molar-refractivity contribution < 1.29 is 9.53 Å². The summed E-state index contributed by atoms with van der Waals surface area (Å²) in [5.41, 5.74) is 3.48. The standard InChI is InChI=1S/C14H18N2O2/c17-14(13-5-2-8-18-13)16-12-4-1-3-10-6-7-15-9-11(10)12/h1,3-4,13,15H,2,5-9H2,(H,16,17)/t13-/m0/s1. The lowest BCUT2D eigenvalue weighted by molar-refractivity contribution is -0.124. The number of ether oxygens (including phenoxy) is 1. The van der Waals surface area contributed by atoms with Crippen LogP contribution in [0.5, 0.6) is 0 Å². The van der Waals surface area contributed by atoms with Crippen molar-refractivity contribution in [3.63, 3.8) is 0 Å². The van der Waals surface area contributed by atoms with Gasteiger partial charge in [0.05, 0.1) is 0 Å². The Morgan fingerprint density at radius 3 is 3.22 bits per heavy atom. The van der Waals surface area contributed by atoms with E-state index in [4.69, 9.17) is 4.74 Å². The van der Waals surface area contributed by atoms with Crippen LogP contribution in [0.25, 0.3) is 0 Å². The predicted molar refractivity (Wildman–Crippen MR) is 69.5 cm³/mol. The summed E-state index contributed by atoms with van der Waals surface area (Å²) in [4.78, 5) is 12.0. The monoisotopic (exact) mass is 246 g/mol. The highest BCUT2D eigenvalue weighted by Crippen LogP contribution is 2.24. The number of amides is 1. The maximum Gasteiger partial charge on any atom is 0.253 e. The average molecular weight is 246 g/mol. The molecule has 0 unspecified atom stereocenters. The second-order valence-electron chi connectivity index (χ2n) is 4.86. The largest absolute Gasteiger partial charge is 0.368 e. The molecule has 1 saturated heterocycles. The first kappa shape index (κ1) is 11.7. The molecule has 1 aromatic rings. The average Bonchev–Trinajstić information content (AvgIpc) is 2.93. The second-order valence-corrected chi connectivity index (χ2v) is 4.86. The number of carbonyl (C=O) groups excluding carboxylic acids is 1. The maximum atomic E-state index is 12.0. The molecule has 2 aliphatic rings. The lowest BCUT2D eigenvalue weighted by Gasteiger charge is -2.21. The van der Waals surface area contributed by atoms with Gasteiger partial charge in [0.15, 0.2) is 0 Å². The number of benzene rings is 1. The van der Waals surface area contributed by atoms with E-state index in [-0.39, 0.29) is 12.0 Å². The van der Waals surface area contributed by atoms with E-state index in [9.17, 15) is 4.79 Å². The van der Waals surface area contributed by atoms with Crippen molar-refractivity contribution in [1.29, 1.82) is 0 Å². The molecule has 0 radical (unpaired) electrons. The fourth-order valence-corrected chi connectivity index (χ4v) is 2.63. The lowest BCUT2D eigenvalue weighted by Crippen LogP contribution is -2.29. The Kier molecular flexibility index (Phi) is 3.30. The molecule has 1 atom stereocenters. The summed E-state index contributed by atoms with van der Waals surface area (Å²) in [6.07, 6.45) is 2.57. The molecular formula is C14H18N2O2. The summed E-state index contributed by atoms with van der Waals surface area (Å²) in [6.45, 7) is 2.54.